The highest BCUT2D eigenvalue weighted by Crippen LogP contribution is 2.25. The van der Waals surface area contributed by atoms with Crippen molar-refractivity contribution in [3.63, 3.8) is 0 Å². The fourth-order valence-electron chi connectivity index (χ4n) is 2.28. The second-order valence-electron chi connectivity index (χ2n) is 5.63. The zero-order chi connectivity index (χ0) is 17.6. The Bertz CT molecular complexity index is 873. The molecule has 0 saturated carbocycles. The molecule has 0 saturated heterocycles. The highest BCUT2D eigenvalue weighted by atomic mass is 79.9. The lowest BCUT2D eigenvalue weighted by atomic mass is 10.2. The normalized spacial score (nSPS) is 11.0. The van der Waals surface area contributed by atoms with Crippen molar-refractivity contribution in [3.8, 4) is 5.75 Å². The van der Waals surface area contributed by atoms with Gasteiger partial charge in [-0.3, -0.25) is 4.99 Å². The maximum absolute atomic E-state index is 6.12. The number of rotatable bonds is 5. The van der Waals surface area contributed by atoms with Crippen LogP contribution in [0.3, 0.4) is 0 Å². The minimum absolute atomic E-state index is 0.544. The van der Waals surface area contributed by atoms with E-state index in [2.05, 4.69) is 20.9 Å². The first-order valence-corrected chi connectivity index (χ1v) is 9.05. The number of ether oxygens (including phenoxy) is 1. The molecule has 126 valence electrons. The molecule has 0 N–H and O–H groups in total. The van der Waals surface area contributed by atoms with E-state index in [1.54, 1.807) is 0 Å². The van der Waals surface area contributed by atoms with E-state index in [1.807, 2.05) is 79.9 Å². The number of hydrogen-bond donors (Lipinski definition) is 0. The Balaban J connectivity index is 1.63. The van der Waals surface area contributed by atoms with Gasteiger partial charge in [0.15, 0.2) is 0 Å². The van der Waals surface area contributed by atoms with Crippen molar-refractivity contribution in [2.75, 3.05) is 0 Å². The molecule has 0 atom stereocenters. The van der Waals surface area contributed by atoms with Crippen molar-refractivity contribution in [2.24, 2.45) is 4.99 Å². The Morgan fingerprint density at radius 1 is 1.00 bits per heavy atom. The fraction of sp³-hybridized carbons (Fsp3) is 0.0952. The largest absolute Gasteiger partial charge is 0.489 e. The molecule has 3 aromatic rings. The Kier molecular flexibility index (Phi) is 5.90. The third-order valence-electron chi connectivity index (χ3n) is 3.79. The van der Waals surface area contributed by atoms with Crippen LogP contribution in [0.15, 0.2) is 76.2 Å². The van der Waals surface area contributed by atoms with Gasteiger partial charge in [-0.05, 0) is 72.1 Å². The van der Waals surface area contributed by atoms with Crippen molar-refractivity contribution in [1.82, 2.24) is 0 Å². The molecule has 0 aliphatic rings. The molecule has 0 bridgehead atoms. The number of benzene rings is 3. The lowest BCUT2D eigenvalue weighted by molar-refractivity contribution is 0.306. The van der Waals surface area contributed by atoms with E-state index < -0.39 is 0 Å². The molecule has 0 aliphatic heterocycles. The van der Waals surface area contributed by atoms with Crippen LogP contribution in [0.2, 0.25) is 5.02 Å². The first-order chi connectivity index (χ1) is 12.1. The van der Waals surface area contributed by atoms with E-state index in [0.29, 0.717) is 6.61 Å². The lowest BCUT2D eigenvalue weighted by Gasteiger charge is -2.07. The first kappa shape index (κ1) is 17.7. The summed E-state index contributed by atoms with van der Waals surface area (Å²) in [5, 5.41) is 0.728. The van der Waals surface area contributed by atoms with E-state index in [-0.39, 0.29) is 0 Å². The fourth-order valence-corrected chi connectivity index (χ4v) is 2.71. The zero-order valence-corrected chi connectivity index (χ0v) is 16.1. The molecule has 0 fully saturated rings. The van der Waals surface area contributed by atoms with E-state index in [0.717, 1.165) is 37.6 Å². The van der Waals surface area contributed by atoms with Crippen molar-refractivity contribution in [2.45, 2.75) is 13.5 Å². The molecule has 0 spiro atoms. The summed E-state index contributed by atoms with van der Waals surface area (Å²) in [6, 6.07) is 21.7. The van der Waals surface area contributed by atoms with Crippen molar-refractivity contribution in [1.29, 1.82) is 0 Å². The van der Waals surface area contributed by atoms with Crippen LogP contribution < -0.4 is 4.74 Å². The molecular formula is C21H17BrClNO. The quantitative estimate of drug-likeness (QED) is 0.424. The monoisotopic (exact) mass is 413 g/mol. The van der Waals surface area contributed by atoms with Crippen LogP contribution in [0.5, 0.6) is 5.75 Å². The Labute approximate surface area is 161 Å². The molecule has 0 unspecified atom stereocenters. The van der Waals surface area contributed by atoms with Gasteiger partial charge in [0.1, 0.15) is 12.4 Å². The summed E-state index contributed by atoms with van der Waals surface area (Å²) in [6.07, 6.45) is 1.83. The Hall–Kier alpha value is -2.10. The molecule has 4 heteroatoms. The van der Waals surface area contributed by atoms with Gasteiger partial charge in [-0.15, -0.1) is 0 Å². The SMILES string of the molecule is Cc1c(Cl)cccc1N=Cc1ccc(OCc2ccc(Br)cc2)cc1. The molecule has 3 aromatic carbocycles. The average Bonchev–Trinajstić information content (AvgIpc) is 2.63. The molecule has 0 radical (unpaired) electrons. The summed E-state index contributed by atoms with van der Waals surface area (Å²) in [5.74, 6) is 0.832. The van der Waals surface area contributed by atoms with Gasteiger partial charge in [0.25, 0.3) is 0 Å². The first-order valence-electron chi connectivity index (χ1n) is 7.88. The summed E-state index contributed by atoms with van der Waals surface area (Å²) < 4.78 is 6.87. The number of hydrogen-bond acceptors (Lipinski definition) is 2. The van der Waals surface area contributed by atoms with Crippen molar-refractivity contribution >= 4 is 39.4 Å². The van der Waals surface area contributed by atoms with Crippen LogP contribution in [0.4, 0.5) is 5.69 Å². The molecule has 0 amide bonds. The van der Waals surface area contributed by atoms with Crippen LogP contribution in [0, 0.1) is 6.92 Å². The molecular weight excluding hydrogens is 398 g/mol. The van der Waals surface area contributed by atoms with Gasteiger partial charge in [-0.1, -0.05) is 45.7 Å². The molecule has 0 aliphatic carbocycles. The third-order valence-corrected chi connectivity index (χ3v) is 4.73. The summed E-state index contributed by atoms with van der Waals surface area (Å²) in [7, 11) is 0. The van der Waals surface area contributed by atoms with Gasteiger partial charge in [0.2, 0.25) is 0 Å². The maximum Gasteiger partial charge on any atom is 0.119 e. The standard InChI is InChI=1S/C21H17BrClNO/c1-15-20(23)3-2-4-21(15)24-13-16-7-11-19(12-8-16)25-14-17-5-9-18(22)10-6-17/h2-13H,14H2,1H3. The molecule has 0 heterocycles. The van der Waals surface area contributed by atoms with E-state index in [4.69, 9.17) is 16.3 Å². The summed E-state index contributed by atoms with van der Waals surface area (Å²) in [4.78, 5) is 4.51. The van der Waals surface area contributed by atoms with Gasteiger partial charge < -0.3 is 4.74 Å². The minimum Gasteiger partial charge on any atom is -0.489 e. The smallest absolute Gasteiger partial charge is 0.119 e. The second kappa shape index (κ2) is 8.32. The van der Waals surface area contributed by atoms with Gasteiger partial charge in [-0.2, -0.15) is 0 Å². The lowest BCUT2D eigenvalue weighted by Crippen LogP contribution is -1.95. The van der Waals surface area contributed by atoms with Crippen molar-refractivity contribution in [3.05, 3.63) is 92.9 Å². The van der Waals surface area contributed by atoms with E-state index in [1.165, 1.54) is 0 Å². The third kappa shape index (κ3) is 4.94. The van der Waals surface area contributed by atoms with Gasteiger partial charge in [-0.25, -0.2) is 0 Å². The summed E-state index contributed by atoms with van der Waals surface area (Å²) >= 11 is 9.55. The van der Waals surface area contributed by atoms with E-state index in [9.17, 15) is 0 Å². The molecule has 2 nitrogen and oxygen atoms in total. The number of nitrogens with zero attached hydrogens (tertiary/aromatic N) is 1. The maximum atomic E-state index is 6.12. The number of halogens is 2. The Morgan fingerprint density at radius 2 is 1.72 bits per heavy atom. The van der Waals surface area contributed by atoms with Crippen LogP contribution in [0.25, 0.3) is 0 Å². The molecule has 3 rings (SSSR count). The highest BCUT2D eigenvalue weighted by Gasteiger charge is 2.00. The predicted molar refractivity (Wildman–Crippen MR) is 108 cm³/mol. The van der Waals surface area contributed by atoms with Crippen LogP contribution >= 0.6 is 27.5 Å². The minimum atomic E-state index is 0.544. The predicted octanol–water partition coefficient (Wildman–Crippen LogP) is 6.74. The zero-order valence-electron chi connectivity index (χ0n) is 13.7. The van der Waals surface area contributed by atoms with Gasteiger partial charge >= 0.3 is 0 Å². The Morgan fingerprint density at radius 3 is 2.44 bits per heavy atom. The van der Waals surface area contributed by atoms with Gasteiger partial charge in [0, 0.05) is 15.7 Å². The summed E-state index contributed by atoms with van der Waals surface area (Å²) in [5.41, 5.74) is 4.00. The van der Waals surface area contributed by atoms with E-state index >= 15 is 0 Å². The average molecular weight is 415 g/mol. The molecule has 0 aromatic heterocycles. The summed E-state index contributed by atoms with van der Waals surface area (Å²) in [6.45, 7) is 2.51. The van der Waals surface area contributed by atoms with Crippen molar-refractivity contribution < 1.29 is 4.74 Å². The highest BCUT2D eigenvalue weighted by molar-refractivity contribution is 9.10. The second-order valence-corrected chi connectivity index (χ2v) is 6.95. The van der Waals surface area contributed by atoms with Crippen LogP contribution in [0.1, 0.15) is 16.7 Å². The van der Waals surface area contributed by atoms with Crippen LogP contribution in [-0.2, 0) is 6.61 Å². The van der Waals surface area contributed by atoms with Crippen LogP contribution in [-0.4, -0.2) is 6.21 Å². The number of aliphatic imine (C=N–C) groups is 1. The topological polar surface area (TPSA) is 21.6 Å². The molecule has 25 heavy (non-hydrogen) atoms. The van der Waals surface area contributed by atoms with Gasteiger partial charge in [0.05, 0.1) is 5.69 Å².